The summed E-state index contributed by atoms with van der Waals surface area (Å²) in [6.45, 7) is 7.34. The lowest BCUT2D eigenvalue weighted by Gasteiger charge is -2.20. The predicted molar refractivity (Wildman–Crippen MR) is 81.4 cm³/mol. The number of rotatable bonds is 2. The molecule has 4 N–H and O–H groups in total. The zero-order valence-corrected chi connectivity index (χ0v) is 12.4. The van der Waals surface area contributed by atoms with Crippen LogP contribution in [0.1, 0.15) is 26.3 Å². The first-order chi connectivity index (χ1) is 8.67. The highest BCUT2D eigenvalue weighted by atomic mass is 32.1. The Hall–Kier alpha value is -1.82. The first-order valence-electron chi connectivity index (χ1n) is 5.84. The molecule has 0 atom stereocenters. The van der Waals surface area contributed by atoms with E-state index in [4.69, 9.17) is 22.7 Å². The molecular formula is C13H19N3O2S. The van der Waals surface area contributed by atoms with E-state index in [1.165, 1.54) is 0 Å². The number of benzene rings is 1. The lowest BCUT2D eigenvalue weighted by Crippen LogP contribution is -2.27. The van der Waals surface area contributed by atoms with Crippen molar-refractivity contribution in [3.8, 4) is 0 Å². The molecular weight excluding hydrogens is 262 g/mol. The molecule has 104 valence electrons. The van der Waals surface area contributed by atoms with Crippen molar-refractivity contribution in [3.63, 3.8) is 0 Å². The van der Waals surface area contributed by atoms with Crippen LogP contribution >= 0.6 is 12.2 Å². The molecule has 0 aliphatic heterocycles. The fourth-order valence-corrected chi connectivity index (χ4v) is 1.50. The highest BCUT2D eigenvalue weighted by Crippen LogP contribution is 2.20. The zero-order valence-electron chi connectivity index (χ0n) is 11.5. The number of anilines is 2. The third-order valence-corrected chi connectivity index (χ3v) is 2.24. The van der Waals surface area contributed by atoms with E-state index in [2.05, 4.69) is 10.6 Å². The van der Waals surface area contributed by atoms with Crippen molar-refractivity contribution < 1.29 is 9.53 Å². The number of aryl methyl sites for hydroxylation is 1. The van der Waals surface area contributed by atoms with Crippen molar-refractivity contribution in [2.24, 2.45) is 5.73 Å². The Labute approximate surface area is 118 Å². The first kappa shape index (κ1) is 15.2. The van der Waals surface area contributed by atoms with E-state index in [0.717, 1.165) is 11.3 Å². The summed E-state index contributed by atoms with van der Waals surface area (Å²) in [7, 11) is 0. The minimum atomic E-state index is -0.533. The molecule has 1 aromatic carbocycles. The van der Waals surface area contributed by atoms with Crippen LogP contribution in [0.5, 0.6) is 0 Å². The van der Waals surface area contributed by atoms with Crippen LogP contribution in [0.15, 0.2) is 18.2 Å². The molecule has 5 nitrogen and oxygen atoms in total. The third kappa shape index (κ3) is 5.56. The van der Waals surface area contributed by atoms with E-state index in [1.54, 1.807) is 12.1 Å². The van der Waals surface area contributed by atoms with Crippen molar-refractivity contribution in [2.45, 2.75) is 33.3 Å². The highest BCUT2D eigenvalue weighted by molar-refractivity contribution is 7.80. The van der Waals surface area contributed by atoms with Gasteiger partial charge in [-0.15, -0.1) is 0 Å². The fourth-order valence-electron chi connectivity index (χ4n) is 1.39. The summed E-state index contributed by atoms with van der Waals surface area (Å²) in [4.78, 5) is 11.6. The minimum Gasteiger partial charge on any atom is -0.444 e. The van der Waals surface area contributed by atoms with Gasteiger partial charge in [-0.2, -0.15) is 0 Å². The average molecular weight is 281 g/mol. The number of nitrogens with two attached hydrogens (primary N) is 1. The molecule has 1 amide bonds. The smallest absolute Gasteiger partial charge is 0.412 e. The molecule has 0 aliphatic carbocycles. The predicted octanol–water partition coefficient (Wildman–Crippen LogP) is 3.00. The molecule has 0 radical (unpaired) electrons. The van der Waals surface area contributed by atoms with Gasteiger partial charge in [-0.3, -0.25) is 5.32 Å². The van der Waals surface area contributed by atoms with Gasteiger partial charge in [-0.25, -0.2) is 4.79 Å². The molecule has 0 saturated carbocycles. The van der Waals surface area contributed by atoms with Crippen molar-refractivity contribution in [2.75, 3.05) is 10.6 Å². The number of hydrogen-bond donors (Lipinski definition) is 3. The Balaban J connectivity index is 2.79. The van der Waals surface area contributed by atoms with E-state index in [1.807, 2.05) is 33.8 Å². The summed E-state index contributed by atoms with van der Waals surface area (Å²) in [6.07, 6.45) is -0.502. The number of carbonyl (C=O) groups is 1. The molecule has 0 heterocycles. The minimum absolute atomic E-state index is 0.178. The van der Waals surface area contributed by atoms with Crippen LogP contribution < -0.4 is 16.4 Å². The molecule has 0 saturated heterocycles. The van der Waals surface area contributed by atoms with Crippen molar-refractivity contribution in [3.05, 3.63) is 23.8 Å². The van der Waals surface area contributed by atoms with Crippen molar-refractivity contribution >= 4 is 34.8 Å². The monoisotopic (exact) mass is 281 g/mol. The largest absolute Gasteiger partial charge is 0.444 e. The Bertz CT molecular complexity index is 495. The molecule has 0 spiro atoms. The van der Waals surface area contributed by atoms with Gasteiger partial charge in [0.2, 0.25) is 0 Å². The van der Waals surface area contributed by atoms with E-state index < -0.39 is 11.7 Å². The summed E-state index contributed by atoms with van der Waals surface area (Å²) in [5.41, 5.74) is 7.24. The second-order valence-corrected chi connectivity index (χ2v) is 5.59. The second kappa shape index (κ2) is 5.88. The number of nitrogens with one attached hydrogen (secondary N) is 2. The lowest BCUT2D eigenvalue weighted by molar-refractivity contribution is 0.0636. The molecule has 1 rings (SSSR count). The van der Waals surface area contributed by atoms with Gasteiger partial charge in [0.15, 0.2) is 5.11 Å². The van der Waals surface area contributed by atoms with Gasteiger partial charge in [0, 0.05) is 11.4 Å². The van der Waals surface area contributed by atoms with Crippen molar-refractivity contribution in [1.82, 2.24) is 0 Å². The Morgan fingerprint density at radius 2 is 1.95 bits per heavy atom. The maximum Gasteiger partial charge on any atom is 0.412 e. The van der Waals surface area contributed by atoms with E-state index in [0.29, 0.717) is 5.69 Å². The second-order valence-electron chi connectivity index (χ2n) is 5.15. The molecule has 0 unspecified atom stereocenters. The molecule has 19 heavy (non-hydrogen) atoms. The molecule has 0 fully saturated rings. The Morgan fingerprint density at radius 1 is 1.32 bits per heavy atom. The zero-order chi connectivity index (χ0) is 14.6. The lowest BCUT2D eigenvalue weighted by atomic mass is 10.2. The van der Waals surface area contributed by atoms with Gasteiger partial charge in [0.1, 0.15) is 5.60 Å². The van der Waals surface area contributed by atoms with Crippen LogP contribution in [0.2, 0.25) is 0 Å². The van der Waals surface area contributed by atoms with Gasteiger partial charge in [0.25, 0.3) is 0 Å². The summed E-state index contributed by atoms with van der Waals surface area (Å²) in [5, 5.41) is 5.68. The molecule has 0 bridgehead atoms. The number of thiocarbonyl (C=S) groups is 1. The van der Waals surface area contributed by atoms with E-state index in [-0.39, 0.29) is 5.11 Å². The SMILES string of the molecule is Cc1ccc(NC(=O)OC(C)(C)C)cc1NC(N)=S. The summed E-state index contributed by atoms with van der Waals surface area (Å²) < 4.78 is 5.17. The standard InChI is InChI=1S/C13H19N3O2S/c1-8-5-6-9(7-10(8)16-11(14)19)15-12(17)18-13(2,3)4/h5-7H,1-4H3,(H,15,17)(H3,14,16,19). The van der Waals surface area contributed by atoms with Crippen LogP contribution in [0.3, 0.4) is 0 Å². The van der Waals surface area contributed by atoms with Gasteiger partial charge in [0.05, 0.1) is 0 Å². The number of carbonyl (C=O) groups excluding carboxylic acids is 1. The normalized spacial score (nSPS) is 10.7. The first-order valence-corrected chi connectivity index (χ1v) is 6.25. The van der Waals surface area contributed by atoms with Crippen LogP contribution in [0, 0.1) is 6.92 Å². The Morgan fingerprint density at radius 3 is 2.47 bits per heavy atom. The van der Waals surface area contributed by atoms with Gasteiger partial charge in [-0.1, -0.05) is 6.07 Å². The third-order valence-electron chi connectivity index (χ3n) is 2.14. The van der Waals surface area contributed by atoms with Gasteiger partial charge >= 0.3 is 6.09 Å². The summed E-state index contributed by atoms with van der Waals surface area (Å²) in [6, 6.07) is 5.38. The molecule has 1 aromatic rings. The van der Waals surface area contributed by atoms with E-state index >= 15 is 0 Å². The van der Waals surface area contributed by atoms with Gasteiger partial charge in [-0.05, 0) is 57.6 Å². The highest BCUT2D eigenvalue weighted by Gasteiger charge is 2.16. The van der Waals surface area contributed by atoms with Crippen LogP contribution in [-0.4, -0.2) is 16.8 Å². The maximum absolute atomic E-state index is 11.6. The molecule has 0 aromatic heterocycles. The maximum atomic E-state index is 11.6. The van der Waals surface area contributed by atoms with Crippen LogP contribution in [0.25, 0.3) is 0 Å². The van der Waals surface area contributed by atoms with Crippen LogP contribution in [0.4, 0.5) is 16.2 Å². The summed E-state index contributed by atoms with van der Waals surface area (Å²) >= 11 is 4.79. The quantitative estimate of drug-likeness (QED) is 0.726. The van der Waals surface area contributed by atoms with Crippen molar-refractivity contribution in [1.29, 1.82) is 0 Å². The topological polar surface area (TPSA) is 76.4 Å². The molecule has 6 heteroatoms. The number of ether oxygens (including phenoxy) is 1. The summed E-state index contributed by atoms with van der Waals surface area (Å²) in [5.74, 6) is 0. The number of amides is 1. The molecule has 0 aliphatic rings. The van der Waals surface area contributed by atoms with Crippen LogP contribution in [-0.2, 0) is 4.74 Å². The Kier molecular flexibility index (Phi) is 4.72. The van der Waals surface area contributed by atoms with E-state index in [9.17, 15) is 4.79 Å². The fraction of sp³-hybridized carbons (Fsp3) is 0.385. The average Bonchev–Trinajstić information content (AvgIpc) is 2.19. The number of hydrogen-bond acceptors (Lipinski definition) is 3. The van der Waals surface area contributed by atoms with Gasteiger partial charge < -0.3 is 15.8 Å².